The van der Waals surface area contributed by atoms with Gasteiger partial charge < -0.3 is 15.4 Å². The van der Waals surface area contributed by atoms with Crippen molar-refractivity contribution in [3.63, 3.8) is 0 Å². The van der Waals surface area contributed by atoms with Crippen molar-refractivity contribution in [1.29, 1.82) is 0 Å². The average Bonchev–Trinajstić information content (AvgIpc) is 2.49. The van der Waals surface area contributed by atoms with Crippen molar-refractivity contribution < 1.29 is 18.7 Å². The summed E-state index contributed by atoms with van der Waals surface area (Å²) in [6.45, 7) is 1.87. The number of carbonyl (C=O) groups is 2. The molecule has 0 aromatic heterocycles. The maximum Gasteiger partial charge on any atom is 0.340 e. The van der Waals surface area contributed by atoms with Crippen LogP contribution in [0.5, 0.6) is 0 Å². The van der Waals surface area contributed by atoms with Crippen LogP contribution in [0.3, 0.4) is 0 Å². The molecule has 7 heteroatoms. The van der Waals surface area contributed by atoms with E-state index in [9.17, 15) is 14.0 Å². The molecule has 0 fully saturated rings. The molecule has 2 N–H and O–H groups in total. The molecule has 0 bridgehead atoms. The third kappa shape index (κ3) is 4.69. The molecule has 2 aromatic carbocycles. The summed E-state index contributed by atoms with van der Waals surface area (Å²) in [6, 6.07) is 9.24. The van der Waals surface area contributed by atoms with Crippen LogP contribution in [0.4, 0.5) is 20.6 Å². The SMILES string of the molecule is CCOC(=O)c1cc(Cl)ccc1NC(=O)Nc1cccc(F)c1. The van der Waals surface area contributed by atoms with Crippen LogP contribution in [-0.4, -0.2) is 18.6 Å². The topological polar surface area (TPSA) is 67.4 Å². The zero-order valence-corrected chi connectivity index (χ0v) is 13.0. The Morgan fingerprint density at radius 2 is 1.96 bits per heavy atom. The Morgan fingerprint density at radius 3 is 2.65 bits per heavy atom. The molecule has 0 radical (unpaired) electrons. The monoisotopic (exact) mass is 336 g/mol. The van der Waals surface area contributed by atoms with Crippen LogP contribution in [0.1, 0.15) is 17.3 Å². The molecule has 0 heterocycles. The smallest absolute Gasteiger partial charge is 0.340 e. The zero-order valence-electron chi connectivity index (χ0n) is 12.2. The first-order chi connectivity index (χ1) is 11.0. The van der Waals surface area contributed by atoms with E-state index >= 15 is 0 Å². The van der Waals surface area contributed by atoms with Gasteiger partial charge in [-0.15, -0.1) is 0 Å². The van der Waals surface area contributed by atoms with Crippen molar-refractivity contribution in [2.24, 2.45) is 0 Å². The van der Waals surface area contributed by atoms with E-state index in [-0.39, 0.29) is 23.5 Å². The second-order valence-corrected chi connectivity index (χ2v) is 4.94. The molecule has 0 aliphatic carbocycles. The Bertz CT molecular complexity index is 737. The first-order valence-electron chi connectivity index (χ1n) is 6.80. The van der Waals surface area contributed by atoms with Crippen molar-refractivity contribution in [2.75, 3.05) is 17.2 Å². The van der Waals surface area contributed by atoms with Gasteiger partial charge in [-0.05, 0) is 43.3 Å². The molecule has 120 valence electrons. The van der Waals surface area contributed by atoms with Gasteiger partial charge in [0.15, 0.2) is 0 Å². The van der Waals surface area contributed by atoms with Gasteiger partial charge in [-0.3, -0.25) is 0 Å². The average molecular weight is 337 g/mol. The van der Waals surface area contributed by atoms with Crippen LogP contribution in [0.25, 0.3) is 0 Å². The van der Waals surface area contributed by atoms with Crippen molar-refractivity contribution in [2.45, 2.75) is 6.92 Å². The fraction of sp³-hybridized carbons (Fsp3) is 0.125. The van der Waals surface area contributed by atoms with Gasteiger partial charge in [0.05, 0.1) is 17.9 Å². The second-order valence-electron chi connectivity index (χ2n) is 4.50. The molecule has 0 saturated heterocycles. The normalized spacial score (nSPS) is 10.0. The Balaban J connectivity index is 2.15. The number of benzene rings is 2. The highest BCUT2D eigenvalue weighted by atomic mass is 35.5. The number of nitrogens with one attached hydrogen (secondary N) is 2. The molecule has 0 unspecified atom stereocenters. The third-order valence-corrected chi connectivity index (χ3v) is 3.04. The molecule has 0 saturated carbocycles. The van der Waals surface area contributed by atoms with Crippen molar-refractivity contribution in [3.8, 4) is 0 Å². The molecule has 2 aromatic rings. The van der Waals surface area contributed by atoms with Crippen molar-refractivity contribution in [3.05, 3.63) is 58.9 Å². The van der Waals surface area contributed by atoms with Gasteiger partial charge in [0.2, 0.25) is 0 Å². The summed E-state index contributed by atoms with van der Waals surface area (Å²) in [6.07, 6.45) is 0. The largest absolute Gasteiger partial charge is 0.462 e. The lowest BCUT2D eigenvalue weighted by atomic mass is 10.2. The van der Waals surface area contributed by atoms with Gasteiger partial charge in [-0.1, -0.05) is 17.7 Å². The lowest BCUT2D eigenvalue weighted by Gasteiger charge is -2.12. The highest BCUT2D eigenvalue weighted by Crippen LogP contribution is 2.22. The molecule has 0 atom stereocenters. The van der Waals surface area contributed by atoms with Crippen molar-refractivity contribution in [1.82, 2.24) is 0 Å². The van der Waals surface area contributed by atoms with Gasteiger partial charge in [0.25, 0.3) is 0 Å². The molecular formula is C16H14ClFN2O3. The van der Waals surface area contributed by atoms with Crippen LogP contribution in [-0.2, 0) is 4.74 Å². The van der Waals surface area contributed by atoms with Crippen LogP contribution in [0.2, 0.25) is 5.02 Å². The number of hydrogen-bond donors (Lipinski definition) is 2. The van der Waals surface area contributed by atoms with E-state index in [0.29, 0.717) is 5.02 Å². The molecule has 0 aliphatic heterocycles. The first kappa shape index (κ1) is 16.8. The minimum Gasteiger partial charge on any atom is -0.462 e. The number of anilines is 2. The number of amides is 2. The number of ether oxygens (including phenoxy) is 1. The number of esters is 1. The number of rotatable bonds is 4. The number of halogens is 2. The van der Waals surface area contributed by atoms with E-state index < -0.39 is 17.8 Å². The molecule has 0 aliphatic rings. The van der Waals surface area contributed by atoms with E-state index in [4.69, 9.17) is 16.3 Å². The lowest BCUT2D eigenvalue weighted by molar-refractivity contribution is 0.0527. The molecule has 23 heavy (non-hydrogen) atoms. The Kier molecular flexibility index (Phi) is 5.54. The van der Waals surface area contributed by atoms with E-state index in [1.54, 1.807) is 6.92 Å². The van der Waals surface area contributed by atoms with E-state index in [0.717, 1.165) is 0 Å². The summed E-state index contributed by atoms with van der Waals surface area (Å²) < 4.78 is 18.0. The highest BCUT2D eigenvalue weighted by Gasteiger charge is 2.15. The van der Waals surface area contributed by atoms with Crippen LogP contribution in [0.15, 0.2) is 42.5 Å². The standard InChI is InChI=1S/C16H14ClFN2O3/c1-2-23-15(21)13-8-10(17)6-7-14(13)20-16(22)19-12-5-3-4-11(18)9-12/h3-9H,2H2,1H3,(H2,19,20,22). The van der Waals surface area contributed by atoms with Gasteiger partial charge in [0, 0.05) is 10.7 Å². The number of carbonyl (C=O) groups excluding carboxylic acids is 2. The van der Waals surface area contributed by atoms with E-state index in [2.05, 4.69) is 10.6 Å². The molecular weight excluding hydrogens is 323 g/mol. The fourth-order valence-electron chi connectivity index (χ4n) is 1.85. The Hall–Kier alpha value is -2.60. The predicted molar refractivity (Wildman–Crippen MR) is 86.4 cm³/mol. The van der Waals surface area contributed by atoms with Crippen molar-refractivity contribution >= 4 is 35.0 Å². The summed E-state index contributed by atoms with van der Waals surface area (Å²) >= 11 is 5.87. The Morgan fingerprint density at radius 1 is 1.17 bits per heavy atom. The lowest BCUT2D eigenvalue weighted by Crippen LogP contribution is -2.21. The van der Waals surface area contributed by atoms with Gasteiger partial charge in [0.1, 0.15) is 5.82 Å². The van der Waals surface area contributed by atoms with Crippen LogP contribution >= 0.6 is 11.6 Å². The van der Waals surface area contributed by atoms with Crippen LogP contribution in [0, 0.1) is 5.82 Å². The summed E-state index contributed by atoms with van der Waals surface area (Å²) in [7, 11) is 0. The summed E-state index contributed by atoms with van der Waals surface area (Å²) in [5.41, 5.74) is 0.657. The van der Waals surface area contributed by atoms with E-state index in [1.807, 2.05) is 0 Å². The predicted octanol–water partition coefficient (Wildman–Crippen LogP) is 4.30. The van der Waals surface area contributed by atoms with Crippen LogP contribution < -0.4 is 10.6 Å². The molecule has 5 nitrogen and oxygen atoms in total. The zero-order chi connectivity index (χ0) is 16.8. The third-order valence-electron chi connectivity index (χ3n) is 2.81. The minimum atomic E-state index is -0.622. The maximum atomic E-state index is 13.1. The highest BCUT2D eigenvalue weighted by molar-refractivity contribution is 6.31. The minimum absolute atomic E-state index is 0.133. The fourth-order valence-corrected chi connectivity index (χ4v) is 2.03. The molecule has 2 rings (SSSR count). The van der Waals surface area contributed by atoms with Gasteiger partial charge in [-0.2, -0.15) is 0 Å². The summed E-state index contributed by atoms with van der Waals surface area (Å²) in [5, 5.41) is 5.32. The molecule has 0 spiro atoms. The first-order valence-corrected chi connectivity index (χ1v) is 7.17. The van der Waals surface area contributed by atoms with Gasteiger partial charge >= 0.3 is 12.0 Å². The van der Waals surface area contributed by atoms with Gasteiger partial charge in [-0.25, -0.2) is 14.0 Å². The maximum absolute atomic E-state index is 13.1. The second kappa shape index (κ2) is 7.60. The number of urea groups is 1. The summed E-state index contributed by atoms with van der Waals surface area (Å²) in [5.74, 6) is -1.07. The number of hydrogen-bond acceptors (Lipinski definition) is 3. The quantitative estimate of drug-likeness (QED) is 0.818. The Labute approximate surface area is 137 Å². The van der Waals surface area contributed by atoms with E-state index in [1.165, 1.54) is 42.5 Å². The summed E-state index contributed by atoms with van der Waals surface area (Å²) in [4.78, 5) is 23.9. The molecule has 2 amide bonds.